The van der Waals surface area contributed by atoms with Crippen LogP contribution in [-0.4, -0.2) is 34.2 Å². The predicted octanol–water partition coefficient (Wildman–Crippen LogP) is 1.17. The second kappa shape index (κ2) is 5.93. The highest BCUT2D eigenvalue weighted by molar-refractivity contribution is 6.05. The Kier molecular flexibility index (Phi) is 4.06. The van der Waals surface area contributed by atoms with Crippen molar-refractivity contribution in [1.29, 1.82) is 0 Å². The SMILES string of the molecule is COCc1cc(C(=O)Nc2ncccc2C(=O)O)no1. The molecular formula is C12H11N3O5. The van der Waals surface area contributed by atoms with E-state index in [9.17, 15) is 9.59 Å². The van der Waals surface area contributed by atoms with Gasteiger partial charge < -0.3 is 19.7 Å². The summed E-state index contributed by atoms with van der Waals surface area (Å²) in [7, 11) is 1.48. The molecule has 0 aliphatic heterocycles. The molecule has 8 heteroatoms. The Labute approximate surface area is 113 Å². The number of carbonyl (C=O) groups excluding carboxylic acids is 1. The zero-order valence-corrected chi connectivity index (χ0v) is 10.5. The van der Waals surface area contributed by atoms with Crippen LogP contribution in [0.1, 0.15) is 26.6 Å². The molecule has 2 heterocycles. The zero-order chi connectivity index (χ0) is 14.5. The van der Waals surface area contributed by atoms with Gasteiger partial charge in [-0.3, -0.25) is 4.79 Å². The third-order valence-corrected chi connectivity index (χ3v) is 2.35. The lowest BCUT2D eigenvalue weighted by molar-refractivity contribution is 0.0697. The Bertz CT molecular complexity index is 638. The van der Waals surface area contributed by atoms with Gasteiger partial charge in [0.2, 0.25) is 0 Å². The summed E-state index contributed by atoms with van der Waals surface area (Å²) in [4.78, 5) is 26.7. The molecule has 0 bridgehead atoms. The Hall–Kier alpha value is -2.74. The molecule has 0 unspecified atom stereocenters. The van der Waals surface area contributed by atoms with Crippen molar-refractivity contribution in [1.82, 2.24) is 10.1 Å². The number of carboxylic acid groups (broad SMARTS) is 1. The number of hydrogen-bond acceptors (Lipinski definition) is 6. The summed E-state index contributed by atoms with van der Waals surface area (Å²) in [5.41, 5.74) is -0.0968. The number of carboxylic acids is 1. The fourth-order valence-electron chi connectivity index (χ4n) is 1.48. The third-order valence-electron chi connectivity index (χ3n) is 2.35. The number of methoxy groups -OCH3 is 1. The summed E-state index contributed by atoms with van der Waals surface area (Å²) in [6, 6.07) is 4.21. The molecule has 0 aliphatic rings. The largest absolute Gasteiger partial charge is 0.478 e. The average molecular weight is 277 g/mol. The highest BCUT2D eigenvalue weighted by Crippen LogP contribution is 2.13. The molecule has 8 nitrogen and oxygen atoms in total. The first kappa shape index (κ1) is 13.7. The molecule has 0 radical (unpaired) electrons. The number of carbonyl (C=O) groups is 2. The number of pyridine rings is 1. The van der Waals surface area contributed by atoms with Crippen molar-refractivity contribution in [3.05, 3.63) is 41.4 Å². The highest BCUT2D eigenvalue weighted by atomic mass is 16.5. The molecule has 2 rings (SSSR count). The van der Waals surface area contributed by atoms with Crippen LogP contribution >= 0.6 is 0 Å². The van der Waals surface area contributed by atoms with Gasteiger partial charge in [0.25, 0.3) is 5.91 Å². The van der Waals surface area contributed by atoms with Crippen LogP contribution in [0.2, 0.25) is 0 Å². The van der Waals surface area contributed by atoms with E-state index in [1.807, 2.05) is 0 Å². The Balaban J connectivity index is 2.17. The molecule has 0 aromatic carbocycles. The minimum absolute atomic E-state index is 0.0130. The smallest absolute Gasteiger partial charge is 0.339 e. The number of aromatic carboxylic acids is 1. The topological polar surface area (TPSA) is 115 Å². The Morgan fingerprint density at radius 2 is 2.30 bits per heavy atom. The predicted molar refractivity (Wildman–Crippen MR) is 66.4 cm³/mol. The molecule has 104 valence electrons. The molecule has 0 saturated heterocycles. The van der Waals surface area contributed by atoms with Crippen LogP contribution in [0.15, 0.2) is 28.9 Å². The summed E-state index contributed by atoms with van der Waals surface area (Å²) in [6.45, 7) is 0.185. The fourth-order valence-corrected chi connectivity index (χ4v) is 1.48. The molecule has 0 fully saturated rings. The van der Waals surface area contributed by atoms with Gasteiger partial charge >= 0.3 is 5.97 Å². The van der Waals surface area contributed by atoms with Gasteiger partial charge in [0, 0.05) is 19.4 Å². The molecule has 2 aromatic heterocycles. The van der Waals surface area contributed by atoms with Gasteiger partial charge in [0.15, 0.2) is 11.5 Å². The van der Waals surface area contributed by atoms with Crippen LogP contribution in [0, 0.1) is 0 Å². The van der Waals surface area contributed by atoms with Crippen molar-refractivity contribution >= 4 is 17.7 Å². The molecule has 20 heavy (non-hydrogen) atoms. The monoisotopic (exact) mass is 277 g/mol. The first-order valence-electron chi connectivity index (χ1n) is 5.56. The van der Waals surface area contributed by atoms with Gasteiger partial charge in [-0.15, -0.1) is 0 Å². The van der Waals surface area contributed by atoms with Crippen molar-refractivity contribution in [2.24, 2.45) is 0 Å². The second-order valence-corrected chi connectivity index (χ2v) is 3.77. The van der Waals surface area contributed by atoms with E-state index in [4.69, 9.17) is 14.4 Å². The number of amides is 1. The van der Waals surface area contributed by atoms with E-state index in [-0.39, 0.29) is 23.7 Å². The summed E-state index contributed by atoms with van der Waals surface area (Å²) < 4.78 is 9.70. The zero-order valence-electron chi connectivity index (χ0n) is 10.5. The van der Waals surface area contributed by atoms with E-state index in [1.54, 1.807) is 0 Å². The van der Waals surface area contributed by atoms with E-state index >= 15 is 0 Å². The van der Waals surface area contributed by atoms with Crippen molar-refractivity contribution in [2.75, 3.05) is 12.4 Å². The molecule has 1 amide bonds. The molecule has 2 N–H and O–H groups in total. The van der Waals surface area contributed by atoms with Crippen molar-refractivity contribution in [2.45, 2.75) is 6.61 Å². The lowest BCUT2D eigenvalue weighted by atomic mass is 10.2. The summed E-state index contributed by atoms with van der Waals surface area (Å²) in [6.07, 6.45) is 1.38. The first-order chi connectivity index (χ1) is 9.61. The lowest BCUT2D eigenvalue weighted by Crippen LogP contribution is -2.16. The number of anilines is 1. The van der Waals surface area contributed by atoms with Gasteiger partial charge in [-0.2, -0.15) is 0 Å². The van der Waals surface area contributed by atoms with Crippen LogP contribution in [0.5, 0.6) is 0 Å². The normalized spacial score (nSPS) is 10.2. The van der Waals surface area contributed by atoms with Crippen LogP contribution in [0.3, 0.4) is 0 Å². The first-order valence-corrected chi connectivity index (χ1v) is 5.56. The summed E-state index contributed by atoms with van der Waals surface area (Å²) >= 11 is 0. The van der Waals surface area contributed by atoms with E-state index in [0.717, 1.165) is 0 Å². The van der Waals surface area contributed by atoms with Crippen molar-refractivity contribution in [3.8, 4) is 0 Å². The molecular weight excluding hydrogens is 266 g/mol. The van der Waals surface area contributed by atoms with Crippen molar-refractivity contribution < 1.29 is 24.0 Å². The number of rotatable bonds is 5. The van der Waals surface area contributed by atoms with Gasteiger partial charge in [-0.05, 0) is 12.1 Å². The van der Waals surface area contributed by atoms with Gasteiger partial charge in [0.05, 0.1) is 0 Å². The van der Waals surface area contributed by atoms with Crippen LogP contribution in [-0.2, 0) is 11.3 Å². The van der Waals surface area contributed by atoms with E-state index in [2.05, 4.69) is 15.5 Å². The van der Waals surface area contributed by atoms with Crippen LogP contribution in [0.25, 0.3) is 0 Å². The minimum Gasteiger partial charge on any atom is -0.478 e. The maximum absolute atomic E-state index is 11.9. The maximum atomic E-state index is 11.9. The molecule has 0 aliphatic carbocycles. The standard InChI is InChI=1S/C12H11N3O5/c1-19-6-7-5-9(15-20-7)11(16)14-10-8(12(17)18)3-2-4-13-10/h2-5H,6H2,1H3,(H,17,18)(H,13,14,16). The van der Waals surface area contributed by atoms with Crippen molar-refractivity contribution in [3.63, 3.8) is 0 Å². The summed E-state index contributed by atoms with van der Waals surface area (Å²) in [5, 5.41) is 14.9. The molecule has 0 atom stereocenters. The van der Waals surface area contributed by atoms with Crippen LogP contribution < -0.4 is 5.32 Å². The Morgan fingerprint density at radius 1 is 1.50 bits per heavy atom. The number of hydrogen-bond donors (Lipinski definition) is 2. The van der Waals surface area contributed by atoms with Gasteiger partial charge in [0.1, 0.15) is 18.0 Å². The molecule has 0 saturated carbocycles. The number of ether oxygens (including phenoxy) is 1. The van der Waals surface area contributed by atoms with Gasteiger partial charge in [-0.1, -0.05) is 5.16 Å². The number of nitrogens with zero attached hydrogens (tertiary/aromatic N) is 2. The minimum atomic E-state index is -1.19. The van der Waals surface area contributed by atoms with E-state index in [0.29, 0.717) is 5.76 Å². The Morgan fingerprint density at radius 3 is 3.00 bits per heavy atom. The average Bonchev–Trinajstić information content (AvgIpc) is 2.88. The molecule has 2 aromatic rings. The quantitative estimate of drug-likeness (QED) is 0.842. The number of nitrogens with one attached hydrogen (secondary N) is 1. The van der Waals surface area contributed by atoms with E-state index < -0.39 is 11.9 Å². The van der Waals surface area contributed by atoms with E-state index in [1.165, 1.54) is 31.5 Å². The van der Waals surface area contributed by atoms with Gasteiger partial charge in [-0.25, -0.2) is 9.78 Å². The summed E-state index contributed by atoms with van der Waals surface area (Å²) in [5.74, 6) is -1.47. The highest BCUT2D eigenvalue weighted by Gasteiger charge is 2.17. The molecule has 0 spiro atoms. The second-order valence-electron chi connectivity index (χ2n) is 3.77. The maximum Gasteiger partial charge on any atom is 0.339 e. The third kappa shape index (κ3) is 2.98. The number of aromatic nitrogens is 2. The fraction of sp³-hybridized carbons (Fsp3) is 0.167. The lowest BCUT2D eigenvalue weighted by Gasteiger charge is -2.04. The van der Waals surface area contributed by atoms with Crippen LogP contribution in [0.4, 0.5) is 5.82 Å².